The first kappa shape index (κ1) is 14.5. The van der Waals surface area contributed by atoms with Gasteiger partial charge in [0.15, 0.2) is 0 Å². The van der Waals surface area contributed by atoms with Crippen LogP contribution in [-0.2, 0) is 9.53 Å². The molecule has 0 amide bonds. The van der Waals surface area contributed by atoms with Crippen molar-refractivity contribution in [3.63, 3.8) is 0 Å². The van der Waals surface area contributed by atoms with E-state index in [9.17, 15) is 4.79 Å². The molecule has 0 spiro atoms. The largest absolute Gasteiger partial charge is 0.466 e. The molecule has 1 fully saturated rings. The van der Waals surface area contributed by atoms with E-state index in [1.807, 2.05) is 13.8 Å². The van der Waals surface area contributed by atoms with E-state index < -0.39 is 0 Å². The third-order valence-corrected chi connectivity index (χ3v) is 3.57. The molecule has 3 unspecified atom stereocenters. The maximum absolute atomic E-state index is 11.6. The maximum Gasteiger partial charge on any atom is 0.309 e. The summed E-state index contributed by atoms with van der Waals surface area (Å²) in [5.74, 6) is 0.594. The van der Waals surface area contributed by atoms with Crippen molar-refractivity contribution in [2.45, 2.75) is 39.7 Å². The Morgan fingerprint density at radius 1 is 1.59 bits per heavy atom. The van der Waals surface area contributed by atoms with E-state index in [-0.39, 0.29) is 11.9 Å². The van der Waals surface area contributed by atoms with Crippen LogP contribution in [0, 0.1) is 11.8 Å². The highest BCUT2D eigenvalue weighted by Gasteiger charge is 2.28. The first-order valence-electron chi connectivity index (χ1n) is 6.69. The molecule has 0 aromatic rings. The number of carbonyl (C=O) groups is 1. The molecule has 0 aliphatic carbocycles. The van der Waals surface area contributed by atoms with Crippen LogP contribution in [-0.4, -0.2) is 43.2 Å². The van der Waals surface area contributed by atoms with Crippen LogP contribution in [0.15, 0.2) is 0 Å². The van der Waals surface area contributed by atoms with E-state index in [0.29, 0.717) is 19.2 Å². The zero-order valence-electron chi connectivity index (χ0n) is 11.3. The third kappa shape index (κ3) is 4.28. The Balaban J connectivity index is 2.46. The minimum Gasteiger partial charge on any atom is -0.466 e. The molecule has 1 saturated heterocycles. The van der Waals surface area contributed by atoms with Crippen LogP contribution in [0.5, 0.6) is 0 Å². The first-order chi connectivity index (χ1) is 8.08. The van der Waals surface area contributed by atoms with E-state index in [2.05, 4.69) is 11.8 Å². The van der Waals surface area contributed by atoms with Gasteiger partial charge in [-0.15, -0.1) is 0 Å². The second-order valence-electron chi connectivity index (χ2n) is 5.17. The quantitative estimate of drug-likeness (QED) is 0.737. The lowest BCUT2D eigenvalue weighted by Gasteiger charge is -2.38. The highest BCUT2D eigenvalue weighted by atomic mass is 16.5. The number of likely N-dealkylation sites (tertiary alicyclic amines) is 1. The fourth-order valence-electron chi connectivity index (χ4n) is 2.50. The number of carbonyl (C=O) groups excluding carboxylic acids is 1. The average molecular weight is 242 g/mol. The van der Waals surface area contributed by atoms with Crippen LogP contribution >= 0.6 is 0 Å². The van der Waals surface area contributed by atoms with Crippen molar-refractivity contribution in [1.29, 1.82) is 0 Å². The van der Waals surface area contributed by atoms with E-state index in [4.69, 9.17) is 10.5 Å². The van der Waals surface area contributed by atoms with E-state index in [1.54, 1.807) is 0 Å². The molecule has 0 aromatic heterocycles. The lowest BCUT2D eigenvalue weighted by molar-refractivity contribution is -0.148. The molecule has 0 bridgehead atoms. The average Bonchev–Trinajstić information content (AvgIpc) is 2.31. The van der Waals surface area contributed by atoms with Crippen LogP contribution in [0.25, 0.3) is 0 Å². The van der Waals surface area contributed by atoms with Crippen molar-refractivity contribution in [1.82, 2.24) is 4.90 Å². The number of ether oxygens (including phenoxy) is 1. The number of nitrogens with two attached hydrogens (primary N) is 1. The Hall–Kier alpha value is -0.610. The number of nitrogens with zero attached hydrogens (tertiary/aromatic N) is 1. The van der Waals surface area contributed by atoms with Crippen molar-refractivity contribution in [2.24, 2.45) is 17.6 Å². The number of piperidine rings is 1. The number of hydrogen-bond donors (Lipinski definition) is 1. The summed E-state index contributed by atoms with van der Waals surface area (Å²) < 4.78 is 5.04. The molecule has 1 aliphatic rings. The van der Waals surface area contributed by atoms with Gasteiger partial charge in [-0.05, 0) is 32.2 Å². The predicted molar refractivity (Wildman–Crippen MR) is 68.6 cm³/mol. The van der Waals surface area contributed by atoms with Crippen LogP contribution in [0.3, 0.4) is 0 Å². The third-order valence-electron chi connectivity index (χ3n) is 3.57. The molecule has 100 valence electrons. The van der Waals surface area contributed by atoms with Gasteiger partial charge in [-0.3, -0.25) is 9.69 Å². The molecule has 0 saturated carbocycles. The Morgan fingerprint density at radius 2 is 2.29 bits per heavy atom. The highest BCUT2D eigenvalue weighted by molar-refractivity contribution is 5.72. The standard InChI is InChI=1S/C13H26N2O2/c1-4-17-13(16)11(3)9-15-6-5-10(2)7-12(15)8-14/h10-12H,4-9,14H2,1-3H3. The van der Waals surface area contributed by atoms with Crippen molar-refractivity contribution in [2.75, 3.05) is 26.2 Å². The van der Waals surface area contributed by atoms with Gasteiger partial charge in [-0.25, -0.2) is 0 Å². The predicted octanol–water partition coefficient (Wildman–Crippen LogP) is 1.24. The van der Waals surface area contributed by atoms with Gasteiger partial charge in [0.2, 0.25) is 0 Å². The molecule has 1 rings (SSSR count). The van der Waals surface area contributed by atoms with E-state index in [0.717, 1.165) is 25.4 Å². The minimum atomic E-state index is -0.0955. The topological polar surface area (TPSA) is 55.6 Å². The number of esters is 1. The van der Waals surface area contributed by atoms with Crippen molar-refractivity contribution >= 4 is 5.97 Å². The maximum atomic E-state index is 11.6. The Kier molecular flexibility index (Phi) is 5.92. The van der Waals surface area contributed by atoms with Crippen LogP contribution < -0.4 is 5.73 Å². The van der Waals surface area contributed by atoms with Gasteiger partial charge in [0.1, 0.15) is 0 Å². The molecule has 1 heterocycles. The molecule has 0 radical (unpaired) electrons. The Morgan fingerprint density at radius 3 is 2.88 bits per heavy atom. The zero-order valence-corrected chi connectivity index (χ0v) is 11.3. The number of hydrogen-bond acceptors (Lipinski definition) is 4. The van der Waals surface area contributed by atoms with Crippen molar-refractivity contribution in [3.05, 3.63) is 0 Å². The summed E-state index contributed by atoms with van der Waals surface area (Å²) in [6.07, 6.45) is 2.35. The van der Waals surface area contributed by atoms with Gasteiger partial charge < -0.3 is 10.5 Å². The summed E-state index contributed by atoms with van der Waals surface area (Å²) >= 11 is 0. The second-order valence-corrected chi connectivity index (χ2v) is 5.17. The summed E-state index contributed by atoms with van der Waals surface area (Å²) in [6.45, 7) is 9.01. The lowest BCUT2D eigenvalue weighted by Crippen LogP contribution is -2.48. The van der Waals surface area contributed by atoms with Gasteiger partial charge in [0, 0.05) is 19.1 Å². The summed E-state index contributed by atoms with van der Waals surface area (Å²) in [7, 11) is 0. The van der Waals surface area contributed by atoms with Gasteiger partial charge >= 0.3 is 5.97 Å². The SMILES string of the molecule is CCOC(=O)C(C)CN1CCC(C)CC1CN. The number of rotatable bonds is 5. The fourth-order valence-corrected chi connectivity index (χ4v) is 2.50. The zero-order chi connectivity index (χ0) is 12.8. The monoisotopic (exact) mass is 242 g/mol. The second kappa shape index (κ2) is 6.97. The molecular weight excluding hydrogens is 216 g/mol. The lowest BCUT2D eigenvalue weighted by atomic mass is 9.91. The molecule has 4 nitrogen and oxygen atoms in total. The smallest absolute Gasteiger partial charge is 0.309 e. The molecule has 2 N–H and O–H groups in total. The van der Waals surface area contributed by atoms with Gasteiger partial charge in [-0.1, -0.05) is 13.8 Å². The van der Waals surface area contributed by atoms with E-state index in [1.165, 1.54) is 6.42 Å². The minimum absolute atomic E-state index is 0.0580. The van der Waals surface area contributed by atoms with Crippen LogP contribution in [0.1, 0.15) is 33.6 Å². The highest BCUT2D eigenvalue weighted by Crippen LogP contribution is 2.22. The molecule has 1 aliphatic heterocycles. The first-order valence-corrected chi connectivity index (χ1v) is 6.69. The Labute approximate surface area is 104 Å². The van der Waals surface area contributed by atoms with Crippen molar-refractivity contribution in [3.8, 4) is 0 Å². The molecule has 0 aromatic carbocycles. The van der Waals surface area contributed by atoms with Crippen LogP contribution in [0.2, 0.25) is 0 Å². The van der Waals surface area contributed by atoms with Crippen molar-refractivity contribution < 1.29 is 9.53 Å². The summed E-state index contributed by atoms with van der Waals surface area (Å²) in [4.78, 5) is 13.9. The van der Waals surface area contributed by atoms with Gasteiger partial charge in [-0.2, -0.15) is 0 Å². The fraction of sp³-hybridized carbons (Fsp3) is 0.923. The molecule has 3 atom stereocenters. The van der Waals surface area contributed by atoms with Crippen LogP contribution in [0.4, 0.5) is 0 Å². The summed E-state index contributed by atoms with van der Waals surface area (Å²) in [6, 6.07) is 0.427. The molecule has 4 heteroatoms. The van der Waals surface area contributed by atoms with Gasteiger partial charge in [0.05, 0.1) is 12.5 Å². The summed E-state index contributed by atoms with van der Waals surface area (Å²) in [5, 5.41) is 0. The summed E-state index contributed by atoms with van der Waals surface area (Å²) in [5.41, 5.74) is 5.81. The molecule has 17 heavy (non-hydrogen) atoms. The Bertz CT molecular complexity index is 246. The van der Waals surface area contributed by atoms with E-state index >= 15 is 0 Å². The normalized spacial score (nSPS) is 27.8. The van der Waals surface area contributed by atoms with Gasteiger partial charge in [0.25, 0.3) is 0 Å². The molecular formula is C13H26N2O2.